The van der Waals surface area contributed by atoms with E-state index in [2.05, 4.69) is 9.97 Å². The molecule has 1 rings (SSSR count). The highest BCUT2D eigenvalue weighted by atomic mass is 32.2. The van der Waals surface area contributed by atoms with Gasteiger partial charge >= 0.3 is 0 Å². The van der Waals surface area contributed by atoms with E-state index >= 15 is 0 Å². The molecule has 0 aliphatic carbocycles. The zero-order chi connectivity index (χ0) is 13.4. The molecule has 1 aromatic heterocycles. The molecule has 0 aliphatic rings. The van der Waals surface area contributed by atoms with Crippen molar-refractivity contribution in [3.05, 3.63) is 18.0 Å². The average molecular weight is 264 g/mol. The van der Waals surface area contributed by atoms with Gasteiger partial charge in [-0.3, -0.25) is 4.79 Å². The van der Waals surface area contributed by atoms with E-state index in [0.29, 0.717) is 30.3 Å². The maximum atomic E-state index is 11.7. The first-order valence-electron chi connectivity index (χ1n) is 5.66. The summed E-state index contributed by atoms with van der Waals surface area (Å²) in [5.41, 5.74) is 1.02. The van der Waals surface area contributed by atoms with Gasteiger partial charge in [-0.15, -0.1) is 0 Å². The van der Waals surface area contributed by atoms with Crippen LogP contribution in [0.2, 0.25) is 0 Å². The van der Waals surface area contributed by atoms with Gasteiger partial charge in [-0.05, 0) is 12.5 Å². The third kappa shape index (κ3) is 5.15. The van der Waals surface area contributed by atoms with Crippen LogP contribution in [-0.4, -0.2) is 40.1 Å². The molecule has 0 aliphatic heterocycles. The van der Waals surface area contributed by atoms with Gasteiger partial charge in [0.05, 0.1) is 12.5 Å². The van der Waals surface area contributed by atoms with E-state index < -0.39 is 0 Å². The molecule has 0 spiro atoms. The van der Waals surface area contributed by atoms with Gasteiger partial charge in [0.1, 0.15) is 0 Å². The Morgan fingerprint density at radius 3 is 2.78 bits per heavy atom. The maximum absolute atomic E-state index is 11.7. The first kappa shape index (κ1) is 14.5. The highest BCUT2D eigenvalue weighted by molar-refractivity contribution is 7.99. The lowest BCUT2D eigenvalue weighted by Gasteiger charge is -2.14. The predicted molar refractivity (Wildman–Crippen MR) is 70.0 cm³/mol. The molecule has 0 N–H and O–H groups in total. The average Bonchev–Trinajstić information content (AvgIpc) is 2.38. The Balaban J connectivity index is 2.27. The summed E-state index contributed by atoms with van der Waals surface area (Å²) in [6.45, 7) is 2.42. The molecule has 0 saturated heterocycles. The highest BCUT2D eigenvalue weighted by Gasteiger charge is 2.08. The molecule has 6 heteroatoms. The topological polar surface area (TPSA) is 69.9 Å². The number of hydrogen-bond acceptors (Lipinski definition) is 5. The maximum Gasteiger partial charge on any atom is 0.223 e. The molecule has 0 aromatic carbocycles. The minimum atomic E-state index is 0.0462. The summed E-state index contributed by atoms with van der Waals surface area (Å²) < 4.78 is 0. The normalized spacial score (nSPS) is 9.83. The van der Waals surface area contributed by atoms with E-state index in [1.807, 2.05) is 13.0 Å². The number of hydrogen-bond donors (Lipinski definition) is 0. The first-order valence-corrected chi connectivity index (χ1v) is 6.64. The third-order valence-corrected chi connectivity index (χ3v) is 3.17. The lowest BCUT2D eigenvalue weighted by molar-refractivity contribution is -0.129. The van der Waals surface area contributed by atoms with Crippen molar-refractivity contribution < 1.29 is 4.79 Å². The standard InChI is InChI=1S/C12H16N4OS/c1-10-8-14-12(15-9-10)18-7-4-11(17)16(2)6-3-5-13/h8-9H,3-4,6-7H2,1-2H3. The van der Waals surface area contributed by atoms with Crippen LogP contribution in [0.5, 0.6) is 0 Å². The fourth-order valence-electron chi connectivity index (χ4n) is 1.22. The molecule has 0 fully saturated rings. The van der Waals surface area contributed by atoms with Crippen molar-refractivity contribution in [2.75, 3.05) is 19.3 Å². The number of aromatic nitrogens is 2. The lowest BCUT2D eigenvalue weighted by Crippen LogP contribution is -2.27. The number of nitrogens with zero attached hydrogens (tertiary/aromatic N) is 4. The van der Waals surface area contributed by atoms with Crippen molar-refractivity contribution >= 4 is 17.7 Å². The van der Waals surface area contributed by atoms with Crippen LogP contribution in [0.25, 0.3) is 0 Å². The minimum Gasteiger partial charge on any atom is -0.345 e. The Morgan fingerprint density at radius 2 is 2.17 bits per heavy atom. The molecule has 18 heavy (non-hydrogen) atoms. The van der Waals surface area contributed by atoms with Gasteiger partial charge in [0, 0.05) is 38.2 Å². The zero-order valence-electron chi connectivity index (χ0n) is 10.6. The van der Waals surface area contributed by atoms with E-state index in [0.717, 1.165) is 5.56 Å². The number of aryl methyl sites for hydroxylation is 1. The summed E-state index contributed by atoms with van der Waals surface area (Å²) in [5, 5.41) is 9.12. The fraction of sp³-hybridized carbons (Fsp3) is 0.500. The molecule has 1 amide bonds. The molecular formula is C12H16N4OS. The summed E-state index contributed by atoms with van der Waals surface area (Å²) in [6.07, 6.45) is 4.33. The van der Waals surface area contributed by atoms with E-state index in [1.165, 1.54) is 11.8 Å². The monoisotopic (exact) mass is 264 g/mol. The van der Waals surface area contributed by atoms with Crippen LogP contribution in [0.15, 0.2) is 17.6 Å². The molecule has 0 saturated carbocycles. The predicted octanol–water partition coefficient (Wildman–Crippen LogP) is 1.64. The molecule has 5 nitrogen and oxygen atoms in total. The number of carbonyl (C=O) groups excluding carboxylic acids is 1. The van der Waals surface area contributed by atoms with Gasteiger partial charge in [0.2, 0.25) is 5.91 Å². The number of amides is 1. The molecule has 0 atom stereocenters. The van der Waals surface area contributed by atoms with Gasteiger partial charge in [-0.1, -0.05) is 11.8 Å². The smallest absolute Gasteiger partial charge is 0.223 e. The Bertz CT molecular complexity index is 427. The molecule has 96 valence electrons. The van der Waals surface area contributed by atoms with Crippen molar-refractivity contribution in [1.82, 2.24) is 14.9 Å². The lowest BCUT2D eigenvalue weighted by atomic mass is 10.3. The van der Waals surface area contributed by atoms with Crippen LogP contribution in [0, 0.1) is 18.3 Å². The zero-order valence-corrected chi connectivity index (χ0v) is 11.4. The Kier molecular flexibility index (Phi) is 6.15. The van der Waals surface area contributed by atoms with E-state index in [4.69, 9.17) is 5.26 Å². The summed E-state index contributed by atoms with van der Waals surface area (Å²) in [4.78, 5) is 21.5. The van der Waals surface area contributed by atoms with Crippen molar-refractivity contribution in [3.63, 3.8) is 0 Å². The second-order valence-corrected chi connectivity index (χ2v) is 4.93. The molecule has 1 aromatic rings. The van der Waals surface area contributed by atoms with Gasteiger partial charge in [-0.25, -0.2) is 9.97 Å². The second kappa shape index (κ2) is 7.67. The first-order chi connectivity index (χ1) is 8.63. The number of carbonyl (C=O) groups is 1. The summed E-state index contributed by atoms with van der Waals surface area (Å²) in [5.74, 6) is 0.698. The van der Waals surface area contributed by atoms with Gasteiger partial charge in [-0.2, -0.15) is 5.26 Å². The van der Waals surface area contributed by atoms with E-state index in [-0.39, 0.29) is 5.91 Å². The SMILES string of the molecule is Cc1cnc(SCCC(=O)N(C)CCC#N)nc1. The summed E-state index contributed by atoms with van der Waals surface area (Å²) in [6, 6.07) is 2.02. The Morgan fingerprint density at radius 1 is 1.50 bits per heavy atom. The number of rotatable bonds is 6. The largest absolute Gasteiger partial charge is 0.345 e. The van der Waals surface area contributed by atoms with Crippen molar-refractivity contribution in [2.45, 2.75) is 24.9 Å². The molecule has 0 radical (unpaired) electrons. The van der Waals surface area contributed by atoms with Gasteiger partial charge in [0.15, 0.2) is 5.16 Å². The van der Waals surface area contributed by atoms with Gasteiger partial charge < -0.3 is 4.90 Å². The summed E-state index contributed by atoms with van der Waals surface area (Å²) in [7, 11) is 1.71. The van der Waals surface area contributed by atoms with Crippen LogP contribution in [0.1, 0.15) is 18.4 Å². The van der Waals surface area contributed by atoms with E-state index in [9.17, 15) is 4.79 Å². The third-order valence-electron chi connectivity index (χ3n) is 2.29. The van der Waals surface area contributed by atoms with Crippen LogP contribution >= 0.6 is 11.8 Å². The van der Waals surface area contributed by atoms with E-state index in [1.54, 1.807) is 24.3 Å². The molecule has 0 bridgehead atoms. The van der Waals surface area contributed by atoms with Crippen LogP contribution in [0.3, 0.4) is 0 Å². The second-order valence-electron chi connectivity index (χ2n) is 3.86. The highest BCUT2D eigenvalue weighted by Crippen LogP contribution is 2.13. The van der Waals surface area contributed by atoms with Crippen LogP contribution in [-0.2, 0) is 4.79 Å². The quantitative estimate of drug-likeness (QED) is 0.577. The van der Waals surface area contributed by atoms with Gasteiger partial charge in [0.25, 0.3) is 0 Å². The molecular weight excluding hydrogens is 248 g/mol. The number of thioether (sulfide) groups is 1. The fourth-order valence-corrected chi connectivity index (χ4v) is 1.93. The van der Waals surface area contributed by atoms with Crippen molar-refractivity contribution in [3.8, 4) is 6.07 Å². The summed E-state index contributed by atoms with van der Waals surface area (Å²) >= 11 is 1.46. The Labute approximate surface area is 111 Å². The van der Waals surface area contributed by atoms with Crippen molar-refractivity contribution in [2.24, 2.45) is 0 Å². The number of nitriles is 1. The van der Waals surface area contributed by atoms with Crippen molar-refractivity contribution in [1.29, 1.82) is 5.26 Å². The van der Waals surface area contributed by atoms with Crippen LogP contribution in [0.4, 0.5) is 0 Å². The molecule has 0 unspecified atom stereocenters. The minimum absolute atomic E-state index is 0.0462. The Hall–Kier alpha value is -1.61. The van der Waals surface area contributed by atoms with Crippen LogP contribution < -0.4 is 0 Å². The molecule has 1 heterocycles.